The second-order valence-corrected chi connectivity index (χ2v) is 5.51. The van der Waals surface area contributed by atoms with Crippen LogP contribution in [0, 0.1) is 11.8 Å². The molecular formula is C7H17O4P. The molecule has 0 aliphatic heterocycles. The Bertz CT molecular complexity index is 170. The van der Waals surface area contributed by atoms with Crippen molar-refractivity contribution in [2.24, 2.45) is 11.8 Å². The van der Waals surface area contributed by atoms with E-state index >= 15 is 0 Å². The van der Waals surface area contributed by atoms with Gasteiger partial charge in [-0.1, -0.05) is 27.7 Å². The Hall–Kier alpha value is 0.110. The first-order valence-corrected chi connectivity index (χ1v) is 5.63. The SMILES string of the molecule is CC(C)C(C(C)C)P(=O)(O)OO. The molecule has 0 saturated heterocycles. The van der Waals surface area contributed by atoms with Crippen LogP contribution in [0.2, 0.25) is 0 Å². The van der Waals surface area contributed by atoms with Crippen LogP contribution in [-0.2, 0) is 9.24 Å². The minimum absolute atomic E-state index is 0.00739. The molecule has 12 heavy (non-hydrogen) atoms. The molecule has 1 unspecified atom stereocenters. The fraction of sp³-hybridized carbons (Fsp3) is 1.00. The maximum Gasteiger partial charge on any atom is 0.358 e. The van der Waals surface area contributed by atoms with Gasteiger partial charge in [0.05, 0.1) is 5.66 Å². The van der Waals surface area contributed by atoms with Crippen molar-refractivity contribution in [3.8, 4) is 0 Å². The van der Waals surface area contributed by atoms with E-state index in [1.165, 1.54) is 0 Å². The molecule has 0 amide bonds. The molecule has 74 valence electrons. The van der Waals surface area contributed by atoms with Gasteiger partial charge in [0.25, 0.3) is 0 Å². The maximum absolute atomic E-state index is 11.2. The molecule has 0 bridgehead atoms. The molecular weight excluding hydrogens is 179 g/mol. The van der Waals surface area contributed by atoms with E-state index in [1.807, 2.05) is 27.7 Å². The highest BCUT2D eigenvalue weighted by Crippen LogP contribution is 2.52. The van der Waals surface area contributed by atoms with Crippen molar-refractivity contribution in [2.75, 3.05) is 0 Å². The Morgan fingerprint density at radius 3 is 1.58 bits per heavy atom. The standard InChI is InChI=1S/C7H17O4P/c1-5(2)7(6(3)4)12(9,10)11-8/h5-8H,1-4H3,(H,9,10). The monoisotopic (exact) mass is 196 g/mol. The second-order valence-electron chi connectivity index (χ2n) is 3.62. The summed E-state index contributed by atoms with van der Waals surface area (Å²) in [5.74, 6) is 0.0148. The van der Waals surface area contributed by atoms with E-state index < -0.39 is 13.3 Å². The van der Waals surface area contributed by atoms with Crippen molar-refractivity contribution in [2.45, 2.75) is 33.4 Å². The molecule has 0 saturated carbocycles. The van der Waals surface area contributed by atoms with Gasteiger partial charge in [0.1, 0.15) is 0 Å². The van der Waals surface area contributed by atoms with Crippen LogP contribution in [-0.4, -0.2) is 15.8 Å². The van der Waals surface area contributed by atoms with Gasteiger partial charge >= 0.3 is 7.60 Å². The first kappa shape index (κ1) is 12.1. The lowest BCUT2D eigenvalue weighted by Crippen LogP contribution is -2.23. The van der Waals surface area contributed by atoms with E-state index in [0.29, 0.717) is 0 Å². The van der Waals surface area contributed by atoms with Gasteiger partial charge in [-0.05, 0) is 11.8 Å². The second kappa shape index (κ2) is 4.38. The Morgan fingerprint density at radius 1 is 1.17 bits per heavy atom. The first-order valence-electron chi connectivity index (χ1n) is 3.98. The van der Waals surface area contributed by atoms with Crippen LogP contribution in [0.15, 0.2) is 0 Å². The van der Waals surface area contributed by atoms with Crippen molar-refractivity contribution < 1.29 is 19.4 Å². The molecule has 0 aliphatic rings. The molecule has 0 heterocycles. The molecule has 1 atom stereocenters. The fourth-order valence-electron chi connectivity index (χ4n) is 1.58. The minimum atomic E-state index is -3.84. The Balaban J connectivity index is 4.63. The zero-order valence-corrected chi connectivity index (χ0v) is 8.78. The van der Waals surface area contributed by atoms with E-state index in [4.69, 9.17) is 5.26 Å². The van der Waals surface area contributed by atoms with E-state index in [2.05, 4.69) is 4.67 Å². The van der Waals surface area contributed by atoms with Gasteiger partial charge in [0, 0.05) is 0 Å². The number of hydrogen-bond donors (Lipinski definition) is 2. The van der Waals surface area contributed by atoms with Crippen LogP contribution in [0.1, 0.15) is 27.7 Å². The average molecular weight is 196 g/mol. The lowest BCUT2D eigenvalue weighted by Gasteiger charge is -2.26. The maximum atomic E-state index is 11.2. The largest absolute Gasteiger partial charge is 0.358 e. The van der Waals surface area contributed by atoms with Crippen LogP contribution in [0.5, 0.6) is 0 Å². The predicted octanol–water partition coefficient (Wildman–Crippen LogP) is 2.34. The number of rotatable bonds is 4. The first-order chi connectivity index (χ1) is 5.33. The van der Waals surface area contributed by atoms with Crippen molar-refractivity contribution in [3.05, 3.63) is 0 Å². The molecule has 0 spiro atoms. The summed E-state index contributed by atoms with van der Waals surface area (Å²) in [5, 5.41) is 8.25. The topological polar surface area (TPSA) is 66.8 Å². The van der Waals surface area contributed by atoms with Gasteiger partial charge in [-0.25, -0.2) is 5.26 Å². The summed E-state index contributed by atoms with van der Waals surface area (Å²) in [7, 11) is -3.84. The summed E-state index contributed by atoms with van der Waals surface area (Å²) >= 11 is 0. The quantitative estimate of drug-likeness (QED) is 0.411. The molecule has 0 rings (SSSR count). The Morgan fingerprint density at radius 2 is 1.50 bits per heavy atom. The average Bonchev–Trinajstić information content (AvgIpc) is 1.84. The van der Waals surface area contributed by atoms with Crippen molar-refractivity contribution in [1.82, 2.24) is 0 Å². The zero-order chi connectivity index (χ0) is 9.94. The van der Waals surface area contributed by atoms with Crippen LogP contribution >= 0.6 is 7.60 Å². The van der Waals surface area contributed by atoms with Gasteiger partial charge in [-0.15, -0.1) is 0 Å². The van der Waals surface area contributed by atoms with Gasteiger partial charge < -0.3 is 4.89 Å². The molecule has 4 nitrogen and oxygen atoms in total. The van der Waals surface area contributed by atoms with Crippen molar-refractivity contribution >= 4 is 7.60 Å². The molecule has 0 radical (unpaired) electrons. The van der Waals surface area contributed by atoms with E-state index in [1.54, 1.807) is 0 Å². The summed E-state index contributed by atoms with van der Waals surface area (Å²) in [6.07, 6.45) is 0. The third-order valence-corrected chi connectivity index (χ3v) is 4.04. The third kappa shape index (κ3) is 2.87. The molecule has 0 aromatic rings. The van der Waals surface area contributed by atoms with Gasteiger partial charge in [-0.3, -0.25) is 4.57 Å². The third-order valence-electron chi connectivity index (χ3n) is 1.86. The molecule has 0 aliphatic carbocycles. The van der Waals surface area contributed by atoms with Crippen LogP contribution < -0.4 is 0 Å². The highest BCUT2D eigenvalue weighted by Gasteiger charge is 2.37. The molecule has 0 aromatic carbocycles. The summed E-state index contributed by atoms with van der Waals surface area (Å²) < 4.78 is 14.9. The fourth-order valence-corrected chi connectivity index (χ4v) is 3.19. The minimum Gasteiger partial charge on any atom is -0.323 e. The van der Waals surface area contributed by atoms with Gasteiger partial charge in [-0.2, -0.15) is 4.67 Å². The molecule has 0 fully saturated rings. The van der Waals surface area contributed by atoms with Crippen LogP contribution in [0.4, 0.5) is 0 Å². The number of hydrogen-bond acceptors (Lipinski definition) is 3. The van der Waals surface area contributed by atoms with Gasteiger partial charge in [0.2, 0.25) is 0 Å². The summed E-state index contributed by atoms with van der Waals surface area (Å²) in [6.45, 7) is 7.30. The van der Waals surface area contributed by atoms with Crippen molar-refractivity contribution in [3.63, 3.8) is 0 Å². The lowest BCUT2D eigenvalue weighted by molar-refractivity contribution is -0.148. The van der Waals surface area contributed by atoms with Crippen molar-refractivity contribution in [1.29, 1.82) is 0 Å². The van der Waals surface area contributed by atoms with Crippen LogP contribution in [0.25, 0.3) is 0 Å². The highest BCUT2D eigenvalue weighted by molar-refractivity contribution is 7.53. The highest BCUT2D eigenvalue weighted by atomic mass is 31.2. The molecule has 5 heteroatoms. The summed E-state index contributed by atoms with van der Waals surface area (Å²) in [5.41, 5.74) is -0.512. The summed E-state index contributed by atoms with van der Waals surface area (Å²) in [4.78, 5) is 9.21. The molecule has 0 aromatic heterocycles. The lowest BCUT2D eigenvalue weighted by atomic mass is 10.00. The zero-order valence-electron chi connectivity index (χ0n) is 7.89. The summed E-state index contributed by atoms with van der Waals surface area (Å²) in [6, 6.07) is 0. The smallest absolute Gasteiger partial charge is 0.323 e. The van der Waals surface area contributed by atoms with Gasteiger partial charge in [0.15, 0.2) is 0 Å². The van der Waals surface area contributed by atoms with E-state index in [0.717, 1.165) is 0 Å². The Labute approximate surface area is 73.0 Å². The van der Waals surface area contributed by atoms with E-state index in [-0.39, 0.29) is 11.8 Å². The predicted molar refractivity (Wildman–Crippen MR) is 47.0 cm³/mol. The molecule has 2 N–H and O–H groups in total. The van der Waals surface area contributed by atoms with Crippen LogP contribution in [0.3, 0.4) is 0 Å². The van der Waals surface area contributed by atoms with E-state index in [9.17, 15) is 9.46 Å². The normalized spacial score (nSPS) is 17.4. The Kier molecular flexibility index (Phi) is 4.42.